The quantitative estimate of drug-likeness (QED) is 0.538. The lowest BCUT2D eigenvalue weighted by Crippen LogP contribution is -1.78. The van der Waals surface area contributed by atoms with Gasteiger partial charge in [-0.05, 0) is 92.8 Å². The zero-order valence-electron chi connectivity index (χ0n) is 15.5. The molecule has 128 valence electrons. The van der Waals surface area contributed by atoms with Crippen molar-refractivity contribution in [1.82, 2.24) is 0 Å². The molecule has 0 heterocycles. The highest BCUT2D eigenvalue weighted by atomic mass is 14.7. The van der Waals surface area contributed by atoms with Crippen molar-refractivity contribution in [3.8, 4) is 0 Å². The Hall–Kier alpha value is -2.74. The van der Waals surface area contributed by atoms with E-state index in [0.717, 1.165) is 17.8 Å². The van der Waals surface area contributed by atoms with Gasteiger partial charge in [0.2, 0.25) is 0 Å². The van der Waals surface area contributed by atoms with Crippen LogP contribution in [0.1, 0.15) is 28.7 Å². The SMILES string of the molecule is Cc1ccc(N=CC=CCC=CC=Nc2ccc(C)c(C)c2)cc1C. The third-order valence-corrected chi connectivity index (χ3v) is 4.14. The van der Waals surface area contributed by atoms with Crippen LogP contribution in [0.2, 0.25) is 0 Å². The second-order valence-electron chi connectivity index (χ2n) is 6.19. The predicted molar refractivity (Wildman–Crippen MR) is 111 cm³/mol. The van der Waals surface area contributed by atoms with Gasteiger partial charge in [0.15, 0.2) is 0 Å². The second kappa shape index (κ2) is 9.53. The molecule has 0 saturated carbocycles. The van der Waals surface area contributed by atoms with Crippen molar-refractivity contribution < 1.29 is 0 Å². The summed E-state index contributed by atoms with van der Waals surface area (Å²) >= 11 is 0. The Morgan fingerprint density at radius 1 is 0.640 bits per heavy atom. The number of benzene rings is 2. The van der Waals surface area contributed by atoms with Crippen LogP contribution in [-0.4, -0.2) is 12.4 Å². The van der Waals surface area contributed by atoms with Crippen LogP contribution in [0.3, 0.4) is 0 Å². The van der Waals surface area contributed by atoms with Crippen molar-refractivity contribution in [3.05, 3.63) is 83.0 Å². The first kappa shape index (κ1) is 18.6. The first-order chi connectivity index (χ1) is 12.1. The fraction of sp³-hybridized carbons (Fsp3) is 0.217. The average Bonchev–Trinajstić information content (AvgIpc) is 2.59. The molecule has 0 radical (unpaired) electrons. The molecule has 2 nitrogen and oxygen atoms in total. The number of allylic oxidation sites excluding steroid dienone is 4. The molecule has 0 aromatic heterocycles. The number of hydrogen-bond acceptors (Lipinski definition) is 2. The summed E-state index contributed by atoms with van der Waals surface area (Å²) in [5, 5.41) is 0. The highest BCUT2D eigenvalue weighted by Crippen LogP contribution is 2.17. The lowest BCUT2D eigenvalue weighted by molar-refractivity contribution is 1.33. The summed E-state index contributed by atoms with van der Waals surface area (Å²) in [5.74, 6) is 0. The van der Waals surface area contributed by atoms with Crippen LogP contribution < -0.4 is 0 Å². The van der Waals surface area contributed by atoms with E-state index in [1.807, 2.05) is 36.7 Å². The largest absolute Gasteiger partial charge is 0.257 e. The van der Waals surface area contributed by atoms with E-state index in [1.54, 1.807) is 0 Å². The van der Waals surface area contributed by atoms with Gasteiger partial charge in [-0.2, -0.15) is 0 Å². The van der Waals surface area contributed by atoms with Gasteiger partial charge < -0.3 is 0 Å². The maximum Gasteiger partial charge on any atom is 0.0632 e. The highest BCUT2D eigenvalue weighted by Gasteiger charge is 1.93. The molecule has 2 aromatic rings. The summed E-state index contributed by atoms with van der Waals surface area (Å²) in [6.45, 7) is 8.43. The molecule has 0 fully saturated rings. The van der Waals surface area contributed by atoms with Crippen LogP contribution in [-0.2, 0) is 0 Å². The molecule has 0 atom stereocenters. The summed E-state index contributed by atoms with van der Waals surface area (Å²) in [6.07, 6.45) is 12.6. The van der Waals surface area contributed by atoms with E-state index < -0.39 is 0 Å². The molecular weight excluding hydrogens is 304 g/mol. The highest BCUT2D eigenvalue weighted by molar-refractivity contribution is 5.75. The van der Waals surface area contributed by atoms with Crippen LogP contribution in [0.4, 0.5) is 11.4 Å². The van der Waals surface area contributed by atoms with Crippen molar-refractivity contribution in [2.75, 3.05) is 0 Å². The number of aryl methyl sites for hydroxylation is 4. The van der Waals surface area contributed by atoms with Crippen LogP contribution in [0.15, 0.2) is 70.7 Å². The Morgan fingerprint density at radius 3 is 1.48 bits per heavy atom. The van der Waals surface area contributed by atoms with Crippen LogP contribution >= 0.6 is 0 Å². The van der Waals surface area contributed by atoms with Gasteiger partial charge in [0.1, 0.15) is 0 Å². The fourth-order valence-corrected chi connectivity index (χ4v) is 2.23. The summed E-state index contributed by atoms with van der Waals surface area (Å²) < 4.78 is 0. The number of aliphatic imine (C=N–C) groups is 2. The maximum atomic E-state index is 4.43. The predicted octanol–water partition coefficient (Wildman–Crippen LogP) is 6.53. The molecule has 2 rings (SSSR count). The van der Waals surface area contributed by atoms with E-state index in [2.05, 4.69) is 74.1 Å². The Kier molecular flexibility index (Phi) is 7.09. The van der Waals surface area contributed by atoms with Gasteiger partial charge in [-0.25, -0.2) is 0 Å². The van der Waals surface area contributed by atoms with Crippen molar-refractivity contribution in [3.63, 3.8) is 0 Å². The molecule has 0 aliphatic heterocycles. The minimum Gasteiger partial charge on any atom is -0.257 e. The minimum absolute atomic E-state index is 0.859. The molecule has 0 bridgehead atoms. The Labute approximate surface area is 151 Å². The molecule has 0 aliphatic rings. The Morgan fingerprint density at radius 2 is 1.08 bits per heavy atom. The zero-order chi connectivity index (χ0) is 18.1. The lowest BCUT2D eigenvalue weighted by atomic mass is 10.1. The van der Waals surface area contributed by atoms with Crippen molar-refractivity contribution >= 4 is 23.8 Å². The van der Waals surface area contributed by atoms with Gasteiger partial charge >= 0.3 is 0 Å². The molecule has 0 aliphatic carbocycles. The summed E-state index contributed by atoms with van der Waals surface area (Å²) in [5.41, 5.74) is 7.10. The topological polar surface area (TPSA) is 24.7 Å². The normalized spacial score (nSPS) is 12.3. The molecule has 2 aromatic carbocycles. The fourth-order valence-electron chi connectivity index (χ4n) is 2.23. The van der Waals surface area contributed by atoms with E-state index in [4.69, 9.17) is 0 Å². The first-order valence-corrected chi connectivity index (χ1v) is 8.59. The van der Waals surface area contributed by atoms with Gasteiger partial charge in [-0.15, -0.1) is 0 Å². The van der Waals surface area contributed by atoms with Gasteiger partial charge in [-0.3, -0.25) is 9.98 Å². The van der Waals surface area contributed by atoms with Gasteiger partial charge in [-0.1, -0.05) is 24.3 Å². The zero-order valence-corrected chi connectivity index (χ0v) is 15.5. The monoisotopic (exact) mass is 330 g/mol. The molecule has 25 heavy (non-hydrogen) atoms. The lowest BCUT2D eigenvalue weighted by Gasteiger charge is -1.99. The molecule has 2 heteroatoms. The third-order valence-electron chi connectivity index (χ3n) is 4.14. The van der Waals surface area contributed by atoms with Crippen molar-refractivity contribution in [2.24, 2.45) is 9.98 Å². The van der Waals surface area contributed by atoms with Crippen LogP contribution in [0.5, 0.6) is 0 Å². The van der Waals surface area contributed by atoms with Gasteiger partial charge in [0, 0.05) is 12.4 Å². The van der Waals surface area contributed by atoms with E-state index in [1.165, 1.54) is 22.3 Å². The minimum atomic E-state index is 0.859. The summed E-state index contributed by atoms with van der Waals surface area (Å²) in [7, 11) is 0. The Balaban J connectivity index is 1.77. The van der Waals surface area contributed by atoms with E-state index in [9.17, 15) is 0 Å². The van der Waals surface area contributed by atoms with E-state index in [0.29, 0.717) is 0 Å². The number of hydrogen-bond donors (Lipinski definition) is 0. The molecule has 0 spiro atoms. The van der Waals surface area contributed by atoms with E-state index >= 15 is 0 Å². The molecule has 0 amide bonds. The molecule has 0 unspecified atom stereocenters. The summed E-state index contributed by atoms with van der Waals surface area (Å²) in [4.78, 5) is 8.87. The van der Waals surface area contributed by atoms with Crippen LogP contribution in [0.25, 0.3) is 0 Å². The standard InChI is InChI=1S/C23H26N2/c1-18-10-12-22(16-20(18)3)24-14-8-6-5-7-9-15-25-23-13-11-19(2)21(4)17-23/h6-17H,5H2,1-4H3. The van der Waals surface area contributed by atoms with Gasteiger partial charge in [0.05, 0.1) is 11.4 Å². The third kappa shape index (κ3) is 6.34. The smallest absolute Gasteiger partial charge is 0.0632 e. The van der Waals surface area contributed by atoms with Crippen molar-refractivity contribution in [1.29, 1.82) is 0 Å². The number of rotatable bonds is 6. The maximum absolute atomic E-state index is 4.43. The first-order valence-electron chi connectivity index (χ1n) is 8.59. The molecular formula is C23H26N2. The second-order valence-corrected chi connectivity index (χ2v) is 6.19. The van der Waals surface area contributed by atoms with Crippen LogP contribution in [0, 0.1) is 27.7 Å². The average molecular weight is 330 g/mol. The number of nitrogens with zero attached hydrogens (tertiary/aromatic N) is 2. The van der Waals surface area contributed by atoms with E-state index in [-0.39, 0.29) is 0 Å². The van der Waals surface area contributed by atoms with Crippen molar-refractivity contribution in [2.45, 2.75) is 34.1 Å². The van der Waals surface area contributed by atoms with Gasteiger partial charge in [0.25, 0.3) is 0 Å². The molecule has 0 N–H and O–H groups in total. The summed E-state index contributed by atoms with van der Waals surface area (Å²) in [6, 6.07) is 12.5. The Bertz CT molecular complexity index is 754. The molecule has 0 saturated heterocycles.